The summed E-state index contributed by atoms with van der Waals surface area (Å²) >= 11 is 1.89. The quantitative estimate of drug-likeness (QED) is 0.164. The Morgan fingerprint density at radius 1 is 0.396 bits per heavy atom. The van der Waals surface area contributed by atoms with Crippen molar-refractivity contribution < 1.29 is 4.42 Å². The van der Waals surface area contributed by atoms with E-state index < -0.39 is 0 Å². The van der Waals surface area contributed by atoms with Crippen molar-refractivity contribution in [2.45, 2.75) is 19.3 Å². The molecule has 0 aliphatic heterocycles. The number of furan rings is 1. The van der Waals surface area contributed by atoms with E-state index in [1.54, 1.807) is 0 Å². The molecule has 0 bridgehead atoms. The molecule has 0 unspecified atom stereocenters. The molecular formula is C51H32OS. The van der Waals surface area contributed by atoms with Gasteiger partial charge in [0.15, 0.2) is 0 Å². The maximum atomic E-state index is 6.38. The molecule has 248 valence electrons. The third-order valence-corrected chi connectivity index (χ3v) is 13.2. The van der Waals surface area contributed by atoms with Crippen LogP contribution in [-0.4, -0.2) is 0 Å². The predicted octanol–water partition coefficient (Wildman–Crippen LogP) is 15.1. The van der Waals surface area contributed by atoms with Crippen LogP contribution in [0, 0.1) is 0 Å². The molecule has 12 rings (SSSR count). The highest BCUT2D eigenvalue weighted by atomic mass is 32.1. The van der Waals surface area contributed by atoms with Gasteiger partial charge >= 0.3 is 0 Å². The minimum Gasteiger partial charge on any atom is -0.456 e. The lowest BCUT2D eigenvalue weighted by molar-refractivity contribution is 0.661. The van der Waals surface area contributed by atoms with Crippen molar-refractivity contribution >= 4 is 85.8 Å². The molecule has 1 nitrogen and oxygen atoms in total. The number of hydrogen-bond acceptors (Lipinski definition) is 2. The molecular weight excluding hydrogens is 661 g/mol. The lowest BCUT2D eigenvalue weighted by Crippen LogP contribution is -2.15. The highest BCUT2D eigenvalue weighted by molar-refractivity contribution is 7.25. The Morgan fingerprint density at radius 2 is 1.00 bits per heavy atom. The highest BCUT2D eigenvalue weighted by Crippen LogP contribution is 2.54. The number of rotatable bonds is 2. The van der Waals surface area contributed by atoms with Crippen LogP contribution in [0.5, 0.6) is 0 Å². The zero-order valence-corrected chi connectivity index (χ0v) is 30.1. The molecule has 9 aromatic carbocycles. The van der Waals surface area contributed by atoms with Gasteiger partial charge in [-0.1, -0.05) is 129 Å². The number of para-hydroxylation sites is 1. The summed E-state index contributed by atoms with van der Waals surface area (Å²) in [5.74, 6) is 0. The second-order valence-electron chi connectivity index (χ2n) is 15.2. The first kappa shape index (κ1) is 29.4. The molecule has 0 radical (unpaired) electrons. The van der Waals surface area contributed by atoms with Crippen molar-refractivity contribution in [2.75, 3.05) is 0 Å². The standard InChI is InChI=1S/C51H32OS/c1-51(2)42-24-21-29-27-47-41(34-12-8-10-18-46(34)53-47)28-40(29)50(42)39-23-20-30(25-43(39)51)48-35-13-3-5-15-37(35)49(38-16-6-4-14-36(38)48)31-19-22-33-32-11-7-9-17-44(32)52-45(33)26-31/h3-28H,1-2H3. The van der Waals surface area contributed by atoms with E-state index in [2.05, 4.69) is 166 Å². The van der Waals surface area contributed by atoms with E-state index in [0.717, 1.165) is 21.9 Å². The van der Waals surface area contributed by atoms with Crippen molar-refractivity contribution in [2.24, 2.45) is 0 Å². The van der Waals surface area contributed by atoms with Gasteiger partial charge in [0.05, 0.1) is 0 Å². The van der Waals surface area contributed by atoms with Gasteiger partial charge in [-0.25, -0.2) is 0 Å². The van der Waals surface area contributed by atoms with Crippen LogP contribution in [0.1, 0.15) is 25.0 Å². The van der Waals surface area contributed by atoms with E-state index in [4.69, 9.17) is 4.42 Å². The Hall–Kier alpha value is -6.22. The van der Waals surface area contributed by atoms with Crippen LogP contribution >= 0.6 is 11.3 Å². The summed E-state index contributed by atoms with van der Waals surface area (Å²) in [6.45, 7) is 4.80. The van der Waals surface area contributed by atoms with Gasteiger partial charge in [-0.2, -0.15) is 0 Å². The third-order valence-electron chi connectivity index (χ3n) is 12.0. The van der Waals surface area contributed by atoms with E-state index in [0.29, 0.717) is 0 Å². The van der Waals surface area contributed by atoms with Crippen LogP contribution < -0.4 is 0 Å². The summed E-state index contributed by atoms with van der Waals surface area (Å²) in [6.07, 6.45) is 0. The first-order chi connectivity index (χ1) is 26.0. The van der Waals surface area contributed by atoms with Gasteiger partial charge in [0.25, 0.3) is 0 Å². The van der Waals surface area contributed by atoms with Crippen molar-refractivity contribution in [1.82, 2.24) is 0 Å². The summed E-state index contributed by atoms with van der Waals surface area (Å²) in [7, 11) is 0. The molecule has 2 heteroatoms. The fraction of sp³-hybridized carbons (Fsp3) is 0.0588. The fourth-order valence-corrected chi connectivity index (χ4v) is 10.7. The normalized spacial score (nSPS) is 13.6. The van der Waals surface area contributed by atoms with Gasteiger partial charge < -0.3 is 4.42 Å². The lowest BCUT2D eigenvalue weighted by Gasteiger charge is -2.23. The second kappa shape index (κ2) is 10.4. The molecule has 0 saturated carbocycles. The number of hydrogen-bond donors (Lipinski definition) is 0. The van der Waals surface area contributed by atoms with Gasteiger partial charge in [0, 0.05) is 36.4 Å². The fourth-order valence-electron chi connectivity index (χ4n) is 9.57. The molecule has 2 aromatic heterocycles. The Morgan fingerprint density at radius 3 is 1.74 bits per heavy atom. The van der Waals surface area contributed by atoms with Gasteiger partial charge in [-0.15, -0.1) is 11.3 Å². The van der Waals surface area contributed by atoms with Crippen molar-refractivity contribution in [3.63, 3.8) is 0 Å². The van der Waals surface area contributed by atoms with Crippen molar-refractivity contribution in [3.05, 3.63) is 169 Å². The number of fused-ring (bicyclic) bond motifs is 13. The van der Waals surface area contributed by atoms with E-state index >= 15 is 0 Å². The van der Waals surface area contributed by atoms with Gasteiger partial charge in [0.2, 0.25) is 0 Å². The summed E-state index contributed by atoms with van der Waals surface area (Å²) in [4.78, 5) is 0. The van der Waals surface area contributed by atoms with Crippen LogP contribution in [0.3, 0.4) is 0 Å². The van der Waals surface area contributed by atoms with E-state index in [9.17, 15) is 0 Å². The Kier molecular flexibility index (Phi) is 5.78. The monoisotopic (exact) mass is 692 g/mol. The Balaban J connectivity index is 1.09. The summed E-state index contributed by atoms with van der Waals surface area (Å²) in [6, 6.07) is 58.6. The molecule has 0 spiro atoms. The number of thiophene rings is 1. The first-order valence-electron chi connectivity index (χ1n) is 18.4. The average molecular weight is 693 g/mol. The number of benzene rings is 9. The summed E-state index contributed by atoms with van der Waals surface area (Å²) < 4.78 is 9.08. The molecule has 0 saturated heterocycles. The van der Waals surface area contributed by atoms with Gasteiger partial charge in [-0.05, 0) is 119 Å². The minimum atomic E-state index is -0.145. The topological polar surface area (TPSA) is 13.1 Å². The van der Waals surface area contributed by atoms with Crippen LogP contribution in [0.25, 0.3) is 108 Å². The second-order valence-corrected chi connectivity index (χ2v) is 16.3. The molecule has 0 amide bonds. The van der Waals surface area contributed by atoms with E-state index in [1.807, 2.05) is 17.4 Å². The zero-order valence-electron chi connectivity index (χ0n) is 29.3. The Bertz CT molecular complexity index is 3320. The molecule has 2 heterocycles. The first-order valence-corrected chi connectivity index (χ1v) is 19.2. The third kappa shape index (κ3) is 3.96. The minimum absolute atomic E-state index is 0.145. The molecule has 1 aliphatic rings. The summed E-state index contributed by atoms with van der Waals surface area (Å²) in [5.41, 5.74) is 12.2. The largest absolute Gasteiger partial charge is 0.456 e. The molecule has 0 atom stereocenters. The maximum Gasteiger partial charge on any atom is 0.136 e. The van der Waals surface area contributed by atoms with Gasteiger partial charge in [0.1, 0.15) is 11.2 Å². The van der Waals surface area contributed by atoms with Crippen LogP contribution in [0.2, 0.25) is 0 Å². The Labute approximate surface area is 310 Å². The molecule has 0 N–H and O–H groups in total. The highest BCUT2D eigenvalue weighted by Gasteiger charge is 2.37. The summed E-state index contributed by atoms with van der Waals surface area (Å²) in [5, 5.41) is 12.7. The smallest absolute Gasteiger partial charge is 0.136 e. The molecule has 11 aromatic rings. The lowest BCUT2D eigenvalue weighted by atomic mass is 9.80. The van der Waals surface area contributed by atoms with Crippen molar-refractivity contribution in [3.8, 4) is 33.4 Å². The molecule has 1 aliphatic carbocycles. The predicted molar refractivity (Wildman–Crippen MR) is 228 cm³/mol. The van der Waals surface area contributed by atoms with Crippen LogP contribution in [0.15, 0.2) is 162 Å². The van der Waals surface area contributed by atoms with Crippen molar-refractivity contribution in [1.29, 1.82) is 0 Å². The maximum absolute atomic E-state index is 6.38. The molecule has 0 fully saturated rings. The van der Waals surface area contributed by atoms with E-state index in [1.165, 1.54) is 97.0 Å². The average Bonchev–Trinajstić information content (AvgIpc) is 3.82. The van der Waals surface area contributed by atoms with E-state index in [-0.39, 0.29) is 5.41 Å². The SMILES string of the molecule is CC1(C)c2cc(-c3c4ccccc4c(-c4ccc5c(c4)oc4ccccc45)c4ccccc34)ccc2-c2c1ccc1cc3sc4ccccc4c3cc21. The molecule has 53 heavy (non-hydrogen) atoms. The van der Waals surface area contributed by atoms with Crippen LogP contribution in [0.4, 0.5) is 0 Å². The van der Waals surface area contributed by atoms with Gasteiger partial charge in [-0.3, -0.25) is 0 Å². The van der Waals surface area contributed by atoms with Crippen LogP contribution in [-0.2, 0) is 5.41 Å². The zero-order chi connectivity index (χ0) is 35.0.